The van der Waals surface area contributed by atoms with Crippen molar-refractivity contribution in [2.45, 2.75) is 38.1 Å². The van der Waals surface area contributed by atoms with Crippen LogP contribution in [-0.2, 0) is 4.79 Å². The third-order valence-electron chi connectivity index (χ3n) is 2.58. The van der Waals surface area contributed by atoms with E-state index in [1.54, 1.807) is 0 Å². The number of hydrogen-bond donors (Lipinski definition) is 1. The third kappa shape index (κ3) is 2.30. The second kappa shape index (κ2) is 3.08. The summed E-state index contributed by atoms with van der Waals surface area (Å²) in [5.74, 6) is -1.40. The normalized spacial score (nSPS) is 26.4. The summed E-state index contributed by atoms with van der Waals surface area (Å²) in [5.41, 5.74) is -0.0855. The maximum atomic E-state index is 12.2. The average Bonchev–Trinajstić information content (AvgIpc) is 1.96. The van der Waals surface area contributed by atoms with Crippen LogP contribution in [0.1, 0.15) is 26.7 Å². The molecule has 1 atom stereocenters. The minimum atomic E-state index is -3.79. The van der Waals surface area contributed by atoms with Crippen molar-refractivity contribution >= 4 is 17.5 Å². The lowest BCUT2D eigenvalue weighted by Crippen LogP contribution is -2.54. The molecule has 1 aliphatic rings. The zero-order valence-electron chi connectivity index (χ0n) is 7.53. The summed E-state index contributed by atoms with van der Waals surface area (Å²) in [4.78, 5) is 10.8. The lowest BCUT2D eigenvalue weighted by Gasteiger charge is -2.44. The highest BCUT2D eigenvalue weighted by Crippen LogP contribution is 2.40. The Hall–Kier alpha value is -0.380. The van der Waals surface area contributed by atoms with Crippen LogP contribution in [0.2, 0.25) is 0 Å². The number of nitrogens with one attached hydrogen (secondary N) is 1. The Kier molecular flexibility index (Phi) is 2.54. The van der Waals surface area contributed by atoms with Gasteiger partial charge in [0.1, 0.15) is 0 Å². The standard InChI is InChI=1S/C8H12ClF2NO/c1-7(2)4-3-5(7)12-6(13)8(9,10)11/h5H,3-4H2,1-2H3,(H,12,13). The number of amides is 1. The van der Waals surface area contributed by atoms with Crippen molar-refractivity contribution in [3.8, 4) is 0 Å². The maximum Gasteiger partial charge on any atom is 0.399 e. The van der Waals surface area contributed by atoms with Gasteiger partial charge in [-0.05, 0) is 29.9 Å². The quantitative estimate of drug-likeness (QED) is 0.697. The van der Waals surface area contributed by atoms with E-state index in [1.165, 1.54) is 0 Å². The van der Waals surface area contributed by atoms with E-state index in [2.05, 4.69) is 16.9 Å². The summed E-state index contributed by atoms with van der Waals surface area (Å²) in [5, 5.41) is -1.56. The molecule has 1 N–H and O–H groups in total. The van der Waals surface area contributed by atoms with Crippen LogP contribution < -0.4 is 5.32 Å². The van der Waals surface area contributed by atoms with Crippen molar-refractivity contribution in [1.82, 2.24) is 5.32 Å². The highest BCUT2D eigenvalue weighted by molar-refractivity contribution is 6.32. The van der Waals surface area contributed by atoms with Crippen LogP contribution in [-0.4, -0.2) is 17.3 Å². The van der Waals surface area contributed by atoms with E-state index in [4.69, 9.17) is 0 Å². The van der Waals surface area contributed by atoms with Crippen LogP contribution in [0.4, 0.5) is 8.78 Å². The minimum absolute atomic E-state index is 0.0855. The van der Waals surface area contributed by atoms with Gasteiger partial charge in [0.05, 0.1) is 0 Å². The molecule has 1 aliphatic carbocycles. The van der Waals surface area contributed by atoms with Gasteiger partial charge >= 0.3 is 11.3 Å². The van der Waals surface area contributed by atoms with Crippen LogP contribution >= 0.6 is 11.6 Å². The molecular formula is C8H12ClF2NO. The number of carbonyl (C=O) groups excluding carboxylic acids is 1. The van der Waals surface area contributed by atoms with E-state index in [0.717, 1.165) is 12.8 Å². The van der Waals surface area contributed by atoms with Crippen LogP contribution in [0, 0.1) is 5.41 Å². The fourth-order valence-corrected chi connectivity index (χ4v) is 1.43. The predicted octanol–water partition coefficient (Wildman–Crippen LogP) is 2.12. The van der Waals surface area contributed by atoms with Crippen molar-refractivity contribution in [3.05, 3.63) is 0 Å². The molecule has 1 unspecified atom stereocenters. The Balaban J connectivity index is 2.47. The van der Waals surface area contributed by atoms with Crippen LogP contribution in [0.3, 0.4) is 0 Å². The molecule has 0 aromatic heterocycles. The van der Waals surface area contributed by atoms with Crippen LogP contribution in [0.15, 0.2) is 0 Å². The zero-order valence-corrected chi connectivity index (χ0v) is 8.29. The molecule has 76 valence electrons. The Morgan fingerprint density at radius 2 is 2.15 bits per heavy atom. The number of rotatable bonds is 2. The van der Waals surface area contributed by atoms with Gasteiger partial charge in [-0.2, -0.15) is 8.78 Å². The molecule has 0 aliphatic heterocycles. The highest BCUT2D eigenvalue weighted by atomic mass is 35.5. The average molecular weight is 212 g/mol. The third-order valence-corrected chi connectivity index (χ3v) is 2.76. The van der Waals surface area contributed by atoms with Gasteiger partial charge in [-0.1, -0.05) is 13.8 Å². The van der Waals surface area contributed by atoms with Crippen LogP contribution in [0.25, 0.3) is 0 Å². The van der Waals surface area contributed by atoms with Gasteiger partial charge in [0.2, 0.25) is 0 Å². The monoisotopic (exact) mass is 211 g/mol. The molecule has 0 spiro atoms. The van der Waals surface area contributed by atoms with Crippen molar-refractivity contribution in [1.29, 1.82) is 0 Å². The largest absolute Gasteiger partial charge is 0.399 e. The summed E-state index contributed by atoms with van der Waals surface area (Å²) >= 11 is 4.56. The lowest BCUT2D eigenvalue weighted by atomic mass is 9.67. The number of carbonyl (C=O) groups is 1. The Morgan fingerprint density at radius 3 is 2.38 bits per heavy atom. The second-order valence-corrected chi connectivity index (χ2v) is 4.53. The van der Waals surface area contributed by atoms with Gasteiger partial charge in [-0.3, -0.25) is 4.79 Å². The first-order valence-electron chi connectivity index (χ1n) is 4.11. The Morgan fingerprint density at radius 1 is 1.62 bits per heavy atom. The molecule has 13 heavy (non-hydrogen) atoms. The zero-order chi connectivity index (χ0) is 10.3. The highest BCUT2D eigenvalue weighted by Gasteiger charge is 2.44. The van der Waals surface area contributed by atoms with Gasteiger partial charge in [0, 0.05) is 6.04 Å². The van der Waals surface area contributed by atoms with Gasteiger partial charge in [-0.25, -0.2) is 0 Å². The molecule has 0 aromatic carbocycles. The van der Waals surface area contributed by atoms with E-state index < -0.39 is 11.3 Å². The molecular weight excluding hydrogens is 200 g/mol. The lowest BCUT2D eigenvalue weighted by molar-refractivity contribution is -0.138. The number of halogens is 3. The fourth-order valence-electron chi connectivity index (χ4n) is 1.37. The molecule has 0 aromatic rings. The van der Waals surface area contributed by atoms with E-state index in [0.29, 0.717) is 0 Å². The second-order valence-electron chi connectivity index (χ2n) is 4.05. The minimum Gasteiger partial charge on any atom is -0.346 e. The van der Waals surface area contributed by atoms with Crippen molar-refractivity contribution in [3.63, 3.8) is 0 Å². The molecule has 1 rings (SSSR count). The molecule has 0 bridgehead atoms. The molecule has 2 nitrogen and oxygen atoms in total. The summed E-state index contributed by atoms with van der Waals surface area (Å²) in [6.07, 6.45) is 1.68. The van der Waals surface area contributed by atoms with E-state index in [1.807, 2.05) is 13.8 Å². The number of alkyl halides is 3. The molecule has 5 heteroatoms. The first-order valence-corrected chi connectivity index (χ1v) is 4.49. The summed E-state index contributed by atoms with van der Waals surface area (Å²) in [6, 6.07) is -0.176. The maximum absolute atomic E-state index is 12.2. The first-order chi connectivity index (χ1) is 5.73. The molecule has 0 saturated heterocycles. The van der Waals surface area contributed by atoms with Crippen molar-refractivity contribution in [2.24, 2.45) is 5.41 Å². The summed E-state index contributed by atoms with van der Waals surface area (Å²) in [7, 11) is 0. The molecule has 1 amide bonds. The van der Waals surface area contributed by atoms with Crippen molar-refractivity contribution in [2.75, 3.05) is 0 Å². The fraction of sp³-hybridized carbons (Fsp3) is 0.875. The SMILES string of the molecule is CC1(C)CCC1NC(=O)C(F)(F)Cl. The smallest absolute Gasteiger partial charge is 0.346 e. The van der Waals surface area contributed by atoms with Crippen molar-refractivity contribution < 1.29 is 13.6 Å². The summed E-state index contributed by atoms with van der Waals surface area (Å²) < 4.78 is 24.5. The summed E-state index contributed by atoms with van der Waals surface area (Å²) in [6.45, 7) is 3.85. The molecule has 1 fully saturated rings. The molecule has 0 heterocycles. The topological polar surface area (TPSA) is 29.1 Å². The first kappa shape index (κ1) is 10.7. The molecule has 0 radical (unpaired) electrons. The number of hydrogen-bond acceptors (Lipinski definition) is 1. The van der Waals surface area contributed by atoms with Gasteiger partial charge in [-0.15, -0.1) is 0 Å². The predicted molar refractivity (Wildman–Crippen MR) is 45.7 cm³/mol. The van der Waals surface area contributed by atoms with E-state index >= 15 is 0 Å². The van der Waals surface area contributed by atoms with E-state index in [-0.39, 0.29) is 11.5 Å². The Bertz CT molecular complexity index is 225. The molecule has 1 saturated carbocycles. The van der Waals surface area contributed by atoms with Crippen LogP contribution in [0.5, 0.6) is 0 Å². The van der Waals surface area contributed by atoms with Gasteiger partial charge in [0.25, 0.3) is 0 Å². The van der Waals surface area contributed by atoms with E-state index in [9.17, 15) is 13.6 Å². The Labute approximate surface area is 80.6 Å². The van der Waals surface area contributed by atoms with Gasteiger partial charge < -0.3 is 5.32 Å². The van der Waals surface area contributed by atoms with Gasteiger partial charge in [0.15, 0.2) is 0 Å².